The van der Waals surface area contributed by atoms with E-state index in [0.29, 0.717) is 23.2 Å². The van der Waals surface area contributed by atoms with Gasteiger partial charge < -0.3 is 10.1 Å². The molecule has 0 aliphatic rings. The molecule has 2 rings (SSSR count). The first-order valence-electron chi connectivity index (χ1n) is 6.38. The summed E-state index contributed by atoms with van der Waals surface area (Å²) in [5.41, 5.74) is 1.14. The van der Waals surface area contributed by atoms with Crippen LogP contribution in [-0.4, -0.2) is 17.4 Å². The second-order valence-electron chi connectivity index (χ2n) is 4.72. The summed E-state index contributed by atoms with van der Waals surface area (Å²) in [5, 5.41) is 5.55. The van der Waals surface area contributed by atoms with Gasteiger partial charge in [0, 0.05) is 18.0 Å². The molecule has 1 aromatic carbocycles. The van der Waals surface area contributed by atoms with Crippen LogP contribution in [0.3, 0.4) is 0 Å². The molecule has 0 spiro atoms. The minimum atomic E-state index is -4.71. The topological polar surface area (TPSA) is 34.1 Å². The minimum absolute atomic E-state index is 0.234. The molecule has 0 aliphatic heterocycles. The van der Waals surface area contributed by atoms with Crippen molar-refractivity contribution in [2.45, 2.75) is 32.8 Å². The quantitative estimate of drug-likeness (QED) is 0.897. The third-order valence-corrected chi connectivity index (χ3v) is 3.51. The average Bonchev–Trinajstić information content (AvgIpc) is 2.83. The number of nitrogens with zero attached hydrogens (tertiary/aromatic N) is 1. The first kappa shape index (κ1) is 15.8. The second-order valence-corrected chi connectivity index (χ2v) is 5.58. The van der Waals surface area contributed by atoms with E-state index in [1.54, 1.807) is 12.1 Å². The molecule has 0 saturated heterocycles. The summed E-state index contributed by atoms with van der Waals surface area (Å²) in [4.78, 5) is 4.35. The van der Waals surface area contributed by atoms with E-state index >= 15 is 0 Å². The lowest BCUT2D eigenvalue weighted by molar-refractivity contribution is -0.274. The molecule has 0 atom stereocenters. The van der Waals surface area contributed by atoms with E-state index < -0.39 is 6.36 Å². The highest BCUT2D eigenvalue weighted by Gasteiger charge is 2.32. The summed E-state index contributed by atoms with van der Waals surface area (Å²) in [6.45, 7) is 4.61. The molecule has 2 aromatic rings. The fourth-order valence-electron chi connectivity index (χ4n) is 1.68. The Balaban J connectivity index is 2.22. The summed E-state index contributed by atoms with van der Waals surface area (Å²) in [6.07, 6.45) is -4.71. The molecule has 1 aromatic heterocycles. The molecule has 1 N–H and O–H groups in total. The van der Waals surface area contributed by atoms with Gasteiger partial charge in [0.25, 0.3) is 0 Å². The molecular weight excluding hydrogens is 301 g/mol. The highest BCUT2D eigenvalue weighted by atomic mass is 32.1. The van der Waals surface area contributed by atoms with Gasteiger partial charge in [0.05, 0.1) is 11.3 Å². The SMILES string of the molecule is CC(C)NCc1csc(-c2ccccc2OC(F)(F)F)n1. The Bertz CT molecular complexity index is 596. The standard InChI is InChI=1S/C14H15F3N2OS/c1-9(2)18-7-10-8-21-13(19-10)11-5-3-4-6-12(11)20-14(15,16)17/h3-6,8-9,18H,7H2,1-2H3. The van der Waals surface area contributed by atoms with Crippen LogP contribution >= 0.6 is 11.3 Å². The van der Waals surface area contributed by atoms with Gasteiger partial charge >= 0.3 is 6.36 Å². The number of halogens is 3. The van der Waals surface area contributed by atoms with Crippen LogP contribution in [-0.2, 0) is 6.54 Å². The number of para-hydroxylation sites is 1. The van der Waals surface area contributed by atoms with Gasteiger partial charge in [0.2, 0.25) is 0 Å². The van der Waals surface area contributed by atoms with Gasteiger partial charge in [-0.2, -0.15) is 0 Å². The van der Waals surface area contributed by atoms with Gasteiger partial charge in [-0.25, -0.2) is 4.98 Å². The van der Waals surface area contributed by atoms with E-state index in [1.807, 2.05) is 19.2 Å². The van der Waals surface area contributed by atoms with E-state index in [1.165, 1.54) is 23.5 Å². The number of ether oxygens (including phenoxy) is 1. The van der Waals surface area contributed by atoms with Crippen molar-refractivity contribution in [2.24, 2.45) is 0 Å². The number of rotatable bonds is 5. The van der Waals surface area contributed by atoms with E-state index in [2.05, 4.69) is 15.0 Å². The molecule has 114 valence electrons. The van der Waals surface area contributed by atoms with Gasteiger partial charge in [-0.15, -0.1) is 24.5 Å². The van der Waals surface area contributed by atoms with Gasteiger partial charge in [-0.1, -0.05) is 26.0 Å². The minimum Gasteiger partial charge on any atom is -0.405 e. The first-order valence-corrected chi connectivity index (χ1v) is 7.26. The molecule has 0 saturated carbocycles. The third-order valence-electron chi connectivity index (χ3n) is 2.59. The number of aromatic nitrogens is 1. The zero-order chi connectivity index (χ0) is 15.5. The smallest absolute Gasteiger partial charge is 0.405 e. The van der Waals surface area contributed by atoms with Crippen molar-refractivity contribution in [1.29, 1.82) is 0 Å². The predicted molar refractivity (Wildman–Crippen MR) is 76.2 cm³/mol. The molecule has 0 radical (unpaired) electrons. The van der Waals surface area contributed by atoms with Crippen LogP contribution in [0.15, 0.2) is 29.6 Å². The Kier molecular flexibility index (Phi) is 4.84. The van der Waals surface area contributed by atoms with Crippen LogP contribution in [0.25, 0.3) is 10.6 Å². The Morgan fingerprint density at radius 1 is 1.29 bits per heavy atom. The van der Waals surface area contributed by atoms with Gasteiger partial charge in [-0.3, -0.25) is 0 Å². The van der Waals surface area contributed by atoms with Crippen LogP contribution in [0.2, 0.25) is 0 Å². The maximum atomic E-state index is 12.4. The molecule has 0 aliphatic carbocycles. The van der Waals surface area contributed by atoms with Crippen molar-refractivity contribution in [2.75, 3.05) is 0 Å². The molecule has 0 unspecified atom stereocenters. The molecule has 0 bridgehead atoms. The lowest BCUT2D eigenvalue weighted by atomic mass is 10.2. The zero-order valence-corrected chi connectivity index (χ0v) is 12.4. The van der Waals surface area contributed by atoms with E-state index in [-0.39, 0.29) is 5.75 Å². The van der Waals surface area contributed by atoms with E-state index in [0.717, 1.165) is 5.69 Å². The second kappa shape index (κ2) is 6.44. The normalized spacial score (nSPS) is 11.9. The van der Waals surface area contributed by atoms with Gasteiger partial charge in [0.15, 0.2) is 0 Å². The van der Waals surface area contributed by atoms with Crippen LogP contribution in [0.4, 0.5) is 13.2 Å². The molecule has 7 heteroatoms. The molecule has 1 heterocycles. The first-order chi connectivity index (χ1) is 9.85. The third kappa shape index (κ3) is 4.71. The van der Waals surface area contributed by atoms with Crippen LogP contribution in [0, 0.1) is 0 Å². The summed E-state index contributed by atoms with van der Waals surface area (Å²) >= 11 is 1.30. The van der Waals surface area contributed by atoms with Crippen LogP contribution < -0.4 is 10.1 Å². The monoisotopic (exact) mass is 316 g/mol. The number of thiazole rings is 1. The lowest BCUT2D eigenvalue weighted by Gasteiger charge is -2.11. The summed E-state index contributed by atoms with van der Waals surface area (Å²) in [5.74, 6) is -0.234. The Hall–Kier alpha value is -1.60. The van der Waals surface area contributed by atoms with Crippen molar-refractivity contribution in [3.05, 3.63) is 35.3 Å². The number of hydrogen-bond acceptors (Lipinski definition) is 4. The van der Waals surface area contributed by atoms with E-state index in [9.17, 15) is 13.2 Å². The van der Waals surface area contributed by atoms with Crippen molar-refractivity contribution in [3.63, 3.8) is 0 Å². The highest BCUT2D eigenvalue weighted by molar-refractivity contribution is 7.13. The number of benzene rings is 1. The maximum Gasteiger partial charge on any atom is 0.573 e. The number of hydrogen-bond donors (Lipinski definition) is 1. The molecular formula is C14H15F3N2OS. The van der Waals surface area contributed by atoms with Crippen LogP contribution in [0.5, 0.6) is 5.75 Å². The summed E-state index contributed by atoms with van der Waals surface area (Å²) in [6, 6.07) is 6.33. The Morgan fingerprint density at radius 3 is 2.67 bits per heavy atom. The van der Waals surface area contributed by atoms with Gasteiger partial charge in [-0.05, 0) is 12.1 Å². The summed E-state index contributed by atoms with van der Waals surface area (Å²) < 4.78 is 41.3. The zero-order valence-electron chi connectivity index (χ0n) is 11.6. The molecule has 0 fully saturated rings. The lowest BCUT2D eigenvalue weighted by Crippen LogP contribution is -2.21. The molecule has 3 nitrogen and oxygen atoms in total. The average molecular weight is 316 g/mol. The van der Waals surface area contributed by atoms with Crippen LogP contribution in [0.1, 0.15) is 19.5 Å². The summed E-state index contributed by atoms with van der Waals surface area (Å²) in [7, 11) is 0. The highest BCUT2D eigenvalue weighted by Crippen LogP contribution is 2.35. The Morgan fingerprint density at radius 2 is 2.00 bits per heavy atom. The van der Waals surface area contributed by atoms with Crippen molar-refractivity contribution < 1.29 is 17.9 Å². The molecule has 21 heavy (non-hydrogen) atoms. The fourth-order valence-corrected chi connectivity index (χ4v) is 2.53. The number of alkyl halides is 3. The maximum absolute atomic E-state index is 12.4. The fraction of sp³-hybridized carbons (Fsp3) is 0.357. The van der Waals surface area contributed by atoms with Crippen molar-refractivity contribution >= 4 is 11.3 Å². The Labute approximate surface area is 124 Å². The largest absolute Gasteiger partial charge is 0.573 e. The predicted octanol–water partition coefficient (Wildman–Crippen LogP) is 4.21. The van der Waals surface area contributed by atoms with Gasteiger partial charge in [0.1, 0.15) is 10.8 Å². The van der Waals surface area contributed by atoms with Crippen molar-refractivity contribution in [3.8, 4) is 16.3 Å². The number of nitrogens with one attached hydrogen (secondary N) is 1. The molecule has 0 amide bonds. The van der Waals surface area contributed by atoms with E-state index in [4.69, 9.17) is 0 Å². The van der Waals surface area contributed by atoms with Crippen molar-refractivity contribution in [1.82, 2.24) is 10.3 Å².